The maximum Gasteiger partial charge on any atom is 0.249 e. The van der Waals surface area contributed by atoms with Crippen LogP contribution < -0.4 is 5.84 Å². The van der Waals surface area contributed by atoms with E-state index in [1.54, 1.807) is 14.1 Å². The third-order valence-electron chi connectivity index (χ3n) is 1.98. The van der Waals surface area contributed by atoms with Gasteiger partial charge in [0, 0.05) is 20.6 Å². The minimum absolute atomic E-state index is 0.159. The average Bonchev–Trinajstić information content (AvgIpc) is 2.32. The summed E-state index contributed by atoms with van der Waals surface area (Å²) in [5.41, 5.74) is 0. The van der Waals surface area contributed by atoms with E-state index in [4.69, 9.17) is 5.84 Å². The lowest BCUT2D eigenvalue weighted by molar-refractivity contribution is -0.141. The van der Waals surface area contributed by atoms with Gasteiger partial charge in [-0.1, -0.05) is 0 Å². The summed E-state index contributed by atoms with van der Waals surface area (Å²) in [6.07, 6.45) is 0.534. The van der Waals surface area contributed by atoms with Crippen molar-refractivity contribution >= 4 is 11.8 Å². The van der Waals surface area contributed by atoms with Gasteiger partial charge in [0.2, 0.25) is 11.8 Å². The number of nitrogens with two attached hydrogens (primary N) is 1. The summed E-state index contributed by atoms with van der Waals surface area (Å²) in [4.78, 5) is 23.9. The van der Waals surface area contributed by atoms with Crippen LogP contribution in [0.4, 0.5) is 0 Å². The molecule has 2 N–H and O–H groups in total. The van der Waals surface area contributed by atoms with Crippen molar-refractivity contribution in [2.24, 2.45) is 11.8 Å². The molecule has 0 aromatic carbocycles. The predicted octanol–water partition coefficient (Wildman–Crippen LogP) is -1.20. The SMILES string of the molecule is CN(C)C(=O)C1CCN(N)C1=O. The van der Waals surface area contributed by atoms with E-state index < -0.39 is 5.92 Å². The maximum absolute atomic E-state index is 11.3. The largest absolute Gasteiger partial charge is 0.348 e. The van der Waals surface area contributed by atoms with Gasteiger partial charge >= 0.3 is 0 Å². The van der Waals surface area contributed by atoms with E-state index in [-0.39, 0.29) is 11.8 Å². The molecular weight excluding hydrogens is 158 g/mol. The zero-order valence-electron chi connectivity index (χ0n) is 7.28. The first-order valence-electron chi connectivity index (χ1n) is 3.81. The van der Waals surface area contributed by atoms with Gasteiger partial charge in [-0.15, -0.1) is 0 Å². The van der Waals surface area contributed by atoms with Crippen LogP contribution in [-0.2, 0) is 9.59 Å². The molecule has 0 aromatic heterocycles. The van der Waals surface area contributed by atoms with Crippen molar-refractivity contribution in [1.82, 2.24) is 9.91 Å². The molecule has 0 saturated carbocycles. The van der Waals surface area contributed by atoms with Gasteiger partial charge in [0.1, 0.15) is 5.92 Å². The molecule has 0 aliphatic carbocycles. The van der Waals surface area contributed by atoms with Gasteiger partial charge in [-0.05, 0) is 6.42 Å². The van der Waals surface area contributed by atoms with Crippen molar-refractivity contribution in [3.63, 3.8) is 0 Å². The Kier molecular flexibility index (Phi) is 2.32. The highest BCUT2D eigenvalue weighted by molar-refractivity contribution is 6.01. The van der Waals surface area contributed by atoms with Crippen molar-refractivity contribution in [1.29, 1.82) is 0 Å². The van der Waals surface area contributed by atoms with Crippen molar-refractivity contribution < 1.29 is 9.59 Å². The molecule has 1 atom stereocenters. The first-order chi connectivity index (χ1) is 5.54. The third kappa shape index (κ3) is 1.40. The van der Waals surface area contributed by atoms with E-state index in [0.717, 1.165) is 5.01 Å². The predicted molar refractivity (Wildman–Crippen MR) is 42.7 cm³/mol. The topological polar surface area (TPSA) is 66.6 Å². The summed E-state index contributed by atoms with van der Waals surface area (Å²) in [7, 11) is 3.27. The van der Waals surface area contributed by atoms with E-state index >= 15 is 0 Å². The van der Waals surface area contributed by atoms with E-state index in [1.165, 1.54) is 4.90 Å². The van der Waals surface area contributed by atoms with E-state index in [2.05, 4.69) is 0 Å². The number of hydrogen-bond donors (Lipinski definition) is 1. The fourth-order valence-corrected chi connectivity index (χ4v) is 1.24. The average molecular weight is 171 g/mol. The molecule has 68 valence electrons. The number of rotatable bonds is 1. The number of nitrogens with zero attached hydrogens (tertiary/aromatic N) is 2. The molecule has 2 amide bonds. The number of amides is 2. The summed E-state index contributed by atoms with van der Waals surface area (Å²) in [6, 6.07) is 0. The zero-order chi connectivity index (χ0) is 9.30. The second-order valence-electron chi connectivity index (χ2n) is 3.11. The van der Waals surface area contributed by atoms with Crippen LogP contribution in [0, 0.1) is 5.92 Å². The van der Waals surface area contributed by atoms with Crippen molar-refractivity contribution in [3.05, 3.63) is 0 Å². The molecule has 1 fully saturated rings. The van der Waals surface area contributed by atoms with Crippen LogP contribution in [0.25, 0.3) is 0 Å². The molecule has 1 aliphatic rings. The first-order valence-corrected chi connectivity index (χ1v) is 3.81. The molecular formula is C7H13N3O2. The summed E-state index contributed by atoms with van der Waals surface area (Å²) < 4.78 is 0. The van der Waals surface area contributed by atoms with Crippen molar-refractivity contribution in [3.8, 4) is 0 Å². The fourth-order valence-electron chi connectivity index (χ4n) is 1.24. The normalized spacial score (nSPS) is 23.1. The third-order valence-corrected chi connectivity index (χ3v) is 1.98. The Morgan fingerprint density at radius 3 is 2.58 bits per heavy atom. The van der Waals surface area contributed by atoms with Crippen LogP contribution in [0.2, 0.25) is 0 Å². The van der Waals surface area contributed by atoms with Crippen LogP contribution in [0.3, 0.4) is 0 Å². The maximum atomic E-state index is 11.3. The van der Waals surface area contributed by atoms with E-state index in [1.807, 2.05) is 0 Å². The van der Waals surface area contributed by atoms with Gasteiger partial charge in [-0.25, -0.2) is 5.84 Å². The highest BCUT2D eigenvalue weighted by Gasteiger charge is 2.36. The molecule has 0 aromatic rings. The van der Waals surface area contributed by atoms with Crippen molar-refractivity contribution in [2.45, 2.75) is 6.42 Å². The monoisotopic (exact) mass is 171 g/mol. The second-order valence-corrected chi connectivity index (χ2v) is 3.11. The molecule has 0 radical (unpaired) electrons. The summed E-state index contributed by atoms with van der Waals surface area (Å²) in [5.74, 6) is 4.34. The second kappa shape index (κ2) is 3.10. The Bertz CT molecular complexity index is 215. The fraction of sp³-hybridized carbons (Fsp3) is 0.714. The van der Waals surface area contributed by atoms with Crippen LogP contribution in [0.1, 0.15) is 6.42 Å². The van der Waals surface area contributed by atoms with Gasteiger partial charge in [-0.3, -0.25) is 14.6 Å². The Labute approximate surface area is 71.1 Å². The number of carbonyl (C=O) groups excluding carboxylic acids is 2. The minimum Gasteiger partial charge on any atom is -0.348 e. The van der Waals surface area contributed by atoms with Gasteiger partial charge in [0.25, 0.3) is 0 Å². The lowest BCUT2D eigenvalue weighted by Gasteiger charge is -2.14. The quantitative estimate of drug-likeness (QED) is 0.306. The summed E-state index contributed by atoms with van der Waals surface area (Å²) in [6.45, 7) is 0.475. The zero-order valence-corrected chi connectivity index (χ0v) is 7.28. The van der Waals surface area contributed by atoms with Gasteiger partial charge < -0.3 is 4.90 Å². The first kappa shape index (κ1) is 8.99. The molecule has 5 heteroatoms. The van der Waals surface area contributed by atoms with Crippen molar-refractivity contribution in [2.75, 3.05) is 20.6 Å². The molecule has 1 rings (SSSR count). The number of hydrazine groups is 1. The van der Waals surface area contributed by atoms with Crippen LogP contribution in [-0.4, -0.2) is 42.4 Å². The summed E-state index contributed by atoms with van der Waals surface area (Å²) >= 11 is 0. The Morgan fingerprint density at radius 1 is 1.67 bits per heavy atom. The highest BCUT2D eigenvalue weighted by atomic mass is 16.2. The molecule has 5 nitrogen and oxygen atoms in total. The minimum atomic E-state index is -0.551. The molecule has 0 bridgehead atoms. The molecule has 1 unspecified atom stereocenters. The molecule has 12 heavy (non-hydrogen) atoms. The Balaban J connectivity index is 2.66. The molecule has 0 spiro atoms. The van der Waals surface area contributed by atoms with E-state index in [9.17, 15) is 9.59 Å². The van der Waals surface area contributed by atoms with E-state index in [0.29, 0.717) is 13.0 Å². The molecule has 1 saturated heterocycles. The number of hydrogen-bond acceptors (Lipinski definition) is 3. The lowest BCUT2D eigenvalue weighted by Crippen LogP contribution is -2.39. The molecule has 1 aliphatic heterocycles. The van der Waals surface area contributed by atoms with Gasteiger partial charge in [-0.2, -0.15) is 0 Å². The van der Waals surface area contributed by atoms with Gasteiger partial charge in [0.15, 0.2) is 0 Å². The smallest absolute Gasteiger partial charge is 0.249 e. The Hall–Kier alpha value is -1.10. The van der Waals surface area contributed by atoms with Crippen LogP contribution >= 0.6 is 0 Å². The Morgan fingerprint density at radius 2 is 2.25 bits per heavy atom. The lowest BCUT2D eigenvalue weighted by atomic mass is 10.1. The highest BCUT2D eigenvalue weighted by Crippen LogP contribution is 2.16. The van der Waals surface area contributed by atoms with Crippen LogP contribution in [0.5, 0.6) is 0 Å². The standard InChI is InChI=1S/C7H13N3O2/c1-9(2)6(11)5-3-4-10(8)7(5)12/h5H,3-4,8H2,1-2H3. The van der Waals surface area contributed by atoms with Crippen LogP contribution in [0.15, 0.2) is 0 Å². The molecule has 1 heterocycles. The summed E-state index contributed by atoms with van der Waals surface area (Å²) in [5, 5.41) is 1.10. The van der Waals surface area contributed by atoms with Gasteiger partial charge in [0.05, 0.1) is 0 Å². The number of carbonyl (C=O) groups is 2.